The fourth-order valence-corrected chi connectivity index (χ4v) is 3.53. The Morgan fingerprint density at radius 3 is 2.88 bits per heavy atom. The van der Waals surface area contributed by atoms with Gasteiger partial charge in [0, 0.05) is 0 Å². The van der Waals surface area contributed by atoms with Crippen LogP contribution in [0.4, 0.5) is 0 Å². The van der Waals surface area contributed by atoms with Crippen molar-refractivity contribution in [3.63, 3.8) is 0 Å². The van der Waals surface area contributed by atoms with Crippen LogP contribution in [0.5, 0.6) is 17.2 Å². The van der Waals surface area contributed by atoms with Gasteiger partial charge in [0.1, 0.15) is 18.2 Å². The Hall–Kier alpha value is -2.53. The third-order valence-electron chi connectivity index (χ3n) is 3.83. The fourth-order valence-electron chi connectivity index (χ4n) is 2.68. The Bertz CT molecular complexity index is 913. The highest BCUT2D eigenvalue weighted by Crippen LogP contribution is 2.40. The minimum Gasteiger partial charge on any atom is -0.493 e. The maximum atomic E-state index is 5.67. The molecule has 5 heteroatoms. The van der Waals surface area contributed by atoms with Gasteiger partial charge in [-0.05, 0) is 48.4 Å². The van der Waals surface area contributed by atoms with Crippen molar-refractivity contribution < 1.29 is 14.2 Å². The molecule has 0 saturated carbocycles. The van der Waals surface area contributed by atoms with Gasteiger partial charge in [-0.1, -0.05) is 12.1 Å². The summed E-state index contributed by atoms with van der Waals surface area (Å²) in [5.41, 5.74) is 3.26. The molecule has 0 atom stereocenters. The molecule has 122 valence electrons. The zero-order valence-corrected chi connectivity index (χ0v) is 14.4. The quantitative estimate of drug-likeness (QED) is 0.702. The Balaban J connectivity index is 1.67. The van der Waals surface area contributed by atoms with Crippen molar-refractivity contribution in [1.82, 2.24) is 4.98 Å². The van der Waals surface area contributed by atoms with Crippen LogP contribution in [0.2, 0.25) is 0 Å². The molecular formula is C19H17NO3S. The number of fused-ring (bicyclic) bond motifs is 2. The largest absolute Gasteiger partial charge is 0.493 e. The number of hydrogen-bond acceptors (Lipinski definition) is 5. The molecule has 3 aromatic rings. The lowest BCUT2D eigenvalue weighted by molar-refractivity contribution is 0.165. The molecule has 2 heterocycles. The molecule has 1 aliphatic heterocycles. The van der Waals surface area contributed by atoms with Gasteiger partial charge in [-0.15, -0.1) is 11.3 Å². The van der Waals surface area contributed by atoms with Crippen LogP contribution >= 0.6 is 11.3 Å². The molecule has 24 heavy (non-hydrogen) atoms. The van der Waals surface area contributed by atoms with Gasteiger partial charge >= 0.3 is 0 Å². The molecule has 1 aliphatic rings. The number of ether oxygens (including phenoxy) is 3. The lowest BCUT2D eigenvalue weighted by atomic mass is 10.1. The third kappa shape index (κ3) is 2.83. The Labute approximate surface area is 144 Å². The van der Waals surface area contributed by atoms with Crippen molar-refractivity contribution in [3.05, 3.63) is 46.5 Å². The summed E-state index contributed by atoms with van der Waals surface area (Å²) in [6.45, 7) is 3.18. The second kappa shape index (κ2) is 6.17. The highest BCUT2D eigenvalue weighted by atomic mass is 32.1. The predicted molar refractivity (Wildman–Crippen MR) is 97.3 cm³/mol. The minimum atomic E-state index is 0.545. The van der Waals surface area contributed by atoms with Crippen LogP contribution in [0.1, 0.15) is 16.1 Å². The van der Waals surface area contributed by atoms with Gasteiger partial charge in [-0.2, -0.15) is 0 Å². The summed E-state index contributed by atoms with van der Waals surface area (Å²) in [6.07, 6.45) is 4.04. The summed E-state index contributed by atoms with van der Waals surface area (Å²) < 4.78 is 17.9. The van der Waals surface area contributed by atoms with E-state index in [9.17, 15) is 0 Å². The SMILES string of the molecule is COc1cc(/C=C/c2nc3cc(C)ccc3s2)cc2c1OCCO2. The zero-order chi connectivity index (χ0) is 16.5. The monoisotopic (exact) mass is 339 g/mol. The van der Waals surface area contributed by atoms with E-state index in [1.165, 1.54) is 10.3 Å². The first-order valence-electron chi connectivity index (χ1n) is 7.76. The molecule has 4 rings (SSSR count). The van der Waals surface area contributed by atoms with E-state index in [1.807, 2.05) is 24.3 Å². The van der Waals surface area contributed by atoms with Crippen molar-refractivity contribution >= 4 is 33.7 Å². The molecule has 0 aliphatic carbocycles. The van der Waals surface area contributed by atoms with Crippen molar-refractivity contribution in [2.24, 2.45) is 0 Å². The average Bonchev–Trinajstić information content (AvgIpc) is 3.01. The maximum Gasteiger partial charge on any atom is 0.203 e. The summed E-state index contributed by atoms with van der Waals surface area (Å²) in [6, 6.07) is 10.2. The van der Waals surface area contributed by atoms with E-state index < -0.39 is 0 Å². The number of nitrogens with zero attached hydrogens (tertiary/aromatic N) is 1. The number of aryl methyl sites for hydroxylation is 1. The fraction of sp³-hybridized carbons (Fsp3) is 0.211. The van der Waals surface area contributed by atoms with Gasteiger partial charge in [0.25, 0.3) is 0 Å². The number of thiazole rings is 1. The van der Waals surface area contributed by atoms with Crippen LogP contribution in [-0.2, 0) is 0 Å². The lowest BCUT2D eigenvalue weighted by Crippen LogP contribution is -2.16. The number of hydrogen-bond donors (Lipinski definition) is 0. The second-order valence-electron chi connectivity index (χ2n) is 5.60. The molecule has 0 saturated heterocycles. The molecule has 0 bridgehead atoms. The molecule has 4 nitrogen and oxygen atoms in total. The van der Waals surface area contributed by atoms with Crippen LogP contribution in [0.15, 0.2) is 30.3 Å². The molecule has 1 aromatic heterocycles. The molecular weight excluding hydrogens is 322 g/mol. The van der Waals surface area contributed by atoms with Crippen LogP contribution in [0, 0.1) is 6.92 Å². The van der Waals surface area contributed by atoms with Gasteiger partial charge in [-0.3, -0.25) is 0 Å². The predicted octanol–water partition coefficient (Wildman–Crippen LogP) is 4.55. The van der Waals surface area contributed by atoms with Crippen LogP contribution in [0.3, 0.4) is 0 Å². The Morgan fingerprint density at radius 1 is 1.12 bits per heavy atom. The number of benzene rings is 2. The van der Waals surface area contributed by atoms with E-state index in [-0.39, 0.29) is 0 Å². The number of aromatic nitrogens is 1. The second-order valence-corrected chi connectivity index (χ2v) is 6.67. The highest BCUT2D eigenvalue weighted by molar-refractivity contribution is 7.19. The van der Waals surface area contributed by atoms with E-state index in [2.05, 4.69) is 30.1 Å². The first-order chi connectivity index (χ1) is 11.7. The van der Waals surface area contributed by atoms with Gasteiger partial charge in [0.05, 0.1) is 17.3 Å². The summed E-state index contributed by atoms with van der Waals surface area (Å²) in [4.78, 5) is 4.66. The first kappa shape index (κ1) is 15.0. The molecule has 0 spiro atoms. The summed E-state index contributed by atoms with van der Waals surface area (Å²) in [5.74, 6) is 2.09. The number of methoxy groups -OCH3 is 1. The minimum absolute atomic E-state index is 0.545. The van der Waals surface area contributed by atoms with Crippen molar-refractivity contribution in [2.45, 2.75) is 6.92 Å². The summed E-state index contributed by atoms with van der Waals surface area (Å²) >= 11 is 1.68. The van der Waals surface area contributed by atoms with E-state index in [1.54, 1.807) is 18.4 Å². The van der Waals surface area contributed by atoms with Crippen molar-refractivity contribution in [1.29, 1.82) is 0 Å². The van der Waals surface area contributed by atoms with Gasteiger partial charge in [0.2, 0.25) is 5.75 Å². The Kier molecular flexibility index (Phi) is 3.86. The van der Waals surface area contributed by atoms with E-state index in [0.29, 0.717) is 24.7 Å². The molecule has 0 fully saturated rings. The van der Waals surface area contributed by atoms with Gasteiger partial charge in [-0.25, -0.2) is 4.98 Å². The standard InChI is InChI=1S/C19H17NO3S/c1-12-3-5-17-14(9-12)20-18(24-17)6-4-13-10-15(21-2)19-16(11-13)22-7-8-23-19/h3-6,9-11H,7-8H2,1-2H3/b6-4+. The highest BCUT2D eigenvalue weighted by Gasteiger charge is 2.17. The first-order valence-corrected chi connectivity index (χ1v) is 8.57. The summed E-state index contributed by atoms with van der Waals surface area (Å²) in [7, 11) is 1.64. The van der Waals surface area contributed by atoms with E-state index in [4.69, 9.17) is 14.2 Å². The topological polar surface area (TPSA) is 40.6 Å². The molecule has 0 N–H and O–H groups in total. The van der Waals surface area contributed by atoms with E-state index in [0.717, 1.165) is 21.8 Å². The lowest BCUT2D eigenvalue weighted by Gasteiger charge is -2.20. The third-order valence-corrected chi connectivity index (χ3v) is 4.83. The van der Waals surface area contributed by atoms with Gasteiger partial charge in [0.15, 0.2) is 11.5 Å². The molecule has 0 amide bonds. The smallest absolute Gasteiger partial charge is 0.203 e. The van der Waals surface area contributed by atoms with Crippen LogP contribution in [0.25, 0.3) is 22.4 Å². The number of rotatable bonds is 3. The van der Waals surface area contributed by atoms with Crippen LogP contribution < -0.4 is 14.2 Å². The van der Waals surface area contributed by atoms with Crippen molar-refractivity contribution in [3.8, 4) is 17.2 Å². The van der Waals surface area contributed by atoms with Gasteiger partial charge < -0.3 is 14.2 Å². The Morgan fingerprint density at radius 2 is 2.00 bits per heavy atom. The van der Waals surface area contributed by atoms with Crippen LogP contribution in [-0.4, -0.2) is 25.3 Å². The molecule has 2 aromatic carbocycles. The zero-order valence-electron chi connectivity index (χ0n) is 13.5. The molecule has 0 unspecified atom stereocenters. The maximum absolute atomic E-state index is 5.67. The van der Waals surface area contributed by atoms with Crippen molar-refractivity contribution in [2.75, 3.05) is 20.3 Å². The van der Waals surface area contributed by atoms with E-state index >= 15 is 0 Å². The normalized spacial score (nSPS) is 13.6. The molecule has 0 radical (unpaired) electrons. The summed E-state index contributed by atoms with van der Waals surface area (Å²) in [5, 5.41) is 0.976. The average molecular weight is 339 g/mol.